The van der Waals surface area contributed by atoms with Crippen LogP contribution < -0.4 is 26.0 Å². The van der Waals surface area contributed by atoms with Gasteiger partial charge in [0.15, 0.2) is 0 Å². The number of amides is 5. The summed E-state index contributed by atoms with van der Waals surface area (Å²) in [4.78, 5) is 82.2. The van der Waals surface area contributed by atoms with Gasteiger partial charge in [-0.15, -0.1) is 0 Å². The predicted octanol–water partition coefficient (Wildman–Crippen LogP) is 1.61. The van der Waals surface area contributed by atoms with E-state index in [0.717, 1.165) is 0 Å². The van der Waals surface area contributed by atoms with E-state index in [1.54, 1.807) is 73.6 Å². The molecule has 308 valence electrons. The molecule has 0 bridgehead atoms. The number of nitrogens with one attached hydrogen (secondary N) is 4. The van der Waals surface area contributed by atoms with E-state index in [1.165, 1.54) is 4.90 Å². The number of aliphatic hydroxyl groups excluding tert-OH is 2. The van der Waals surface area contributed by atoms with Crippen LogP contribution in [-0.4, -0.2) is 120 Å². The van der Waals surface area contributed by atoms with Crippen LogP contribution >= 0.6 is 0 Å². The zero-order valence-corrected chi connectivity index (χ0v) is 33.5. The fraction of sp³-hybridized carbons (Fsp3) is 0.561. The van der Waals surface area contributed by atoms with Crippen molar-refractivity contribution < 1.29 is 43.7 Å². The molecular formula is C41H60N6O9. The second kappa shape index (κ2) is 22.0. The Kier molecular flexibility index (Phi) is 17.9. The summed E-state index contributed by atoms with van der Waals surface area (Å²) in [7, 11) is 3.12. The van der Waals surface area contributed by atoms with Gasteiger partial charge in [0.05, 0.1) is 37.7 Å². The number of hydrogen-bond donors (Lipinski definition) is 6. The first-order valence-corrected chi connectivity index (χ1v) is 19.3. The Morgan fingerprint density at radius 1 is 0.946 bits per heavy atom. The normalized spacial score (nSPS) is 16.5. The van der Waals surface area contributed by atoms with Crippen LogP contribution in [0, 0.1) is 5.41 Å². The number of Topliss-reactive ketones (excluding diaryl/α,β-unsaturated/α-hetero) is 1. The number of rotatable bonds is 21. The van der Waals surface area contributed by atoms with E-state index in [4.69, 9.17) is 9.84 Å². The number of unbranched alkanes of at least 4 members (excludes halogenated alkanes) is 1. The Morgan fingerprint density at radius 3 is 2.30 bits per heavy atom. The summed E-state index contributed by atoms with van der Waals surface area (Å²) in [6.07, 6.45) is 1.60. The average Bonchev–Trinajstić information content (AvgIpc) is 3.66. The zero-order chi connectivity index (χ0) is 41.4. The van der Waals surface area contributed by atoms with Gasteiger partial charge in [0, 0.05) is 33.7 Å². The lowest BCUT2D eigenvalue weighted by Crippen LogP contribution is -2.61. The number of carbonyl (C=O) groups is 6. The Labute approximate surface area is 329 Å². The van der Waals surface area contributed by atoms with E-state index >= 15 is 0 Å². The molecule has 1 heterocycles. The molecule has 56 heavy (non-hydrogen) atoms. The van der Waals surface area contributed by atoms with Crippen LogP contribution in [0.5, 0.6) is 5.75 Å². The van der Waals surface area contributed by atoms with E-state index < -0.39 is 65.9 Å². The number of hydrogen-bond acceptors (Lipinski definition) is 10. The van der Waals surface area contributed by atoms with Gasteiger partial charge in [0.2, 0.25) is 29.4 Å². The maximum Gasteiger partial charge on any atom is 0.290 e. The highest BCUT2D eigenvalue weighted by Gasteiger charge is 2.43. The van der Waals surface area contributed by atoms with E-state index in [0.29, 0.717) is 62.1 Å². The van der Waals surface area contributed by atoms with Crippen LogP contribution in [0.3, 0.4) is 0 Å². The van der Waals surface area contributed by atoms with Gasteiger partial charge in [0.25, 0.3) is 5.91 Å². The first kappa shape index (κ1) is 45.5. The Balaban J connectivity index is 1.66. The summed E-state index contributed by atoms with van der Waals surface area (Å²) in [6, 6.07) is 11.9. The first-order chi connectivity index (χ1) is 26.6. The number of likely N-dealkylation sites (tertiary alicyclic amines) is 1. The highest BCUT2D eigenvalue weighted by Crippen LogP contribution is 2.29. The maximum absolute atomic E-state index is 13.8. The average molecular weight is 781 g/mol. The van der Waals surface area contributed by atoms with Crippen molar-refractivity contribution in [1.29, 1.82) is 0 Å². The lowest BCUT2D eigenvalue weighted by atomic mass is 9.84. The number of likely N-dealkylation sites (N-methyl/N-ethyl adjacent to an activating group) is 1. The smallest absolute Gasteiger partial charge is 0.290 e. The predicted molar refractivity (Wildman–Crippen MR) is 210 cm³/mol. The van der Waals surface area contributed by atoms with Crippen molar-refractivity contribution in [2.24, 2.45) is 5.41 Å². The number of carbonyl (C=O) groups excluding carboxylic acids is 6. The van der Waals surface area contributed by atoms with Gasteiger partial charge in [-0.25, -0.2) is 0 Å². The monoisotopic (exact) mass is 780 g/mol. The van der Waals surface area contributed by atoms with Gasteiger partial charge in [-0.1, -0.05) is 83.0 Å². The molecule has 0 aliphatic carbocycles. The van der Waals surface area contributed by atoms with Gasteiger partial charge in [-0.05, 0) is 47.9 Å². The molecule has 2 aromatic carbocycles. The van der Waals surface area contributed by atoms with Crippen molar-refractivity contribution in [3.63, 3.8) is 0 Å². The fourth-order valence-electron chi connectivity index (χ4n) is 6.48. The summed E-state index contributed by atoms with van der Waals surface area (Å²) in [5.41, 5.74) is 0.626. The molecule has 15 heteroatoms. The quantitative estimate of drug-likeness (QED) is 0.0798. The van der Waals surface area contributed by atoms with Crippen LogP contribution in [0.15, 0.2) is 54.6 Å². The van der Waals surface area contributed by atoms with E-state index in [-0.39, 0.29) is 31.3 Å². The van der Waals surface area contributed by atoms with Crippen molar-refractivity contribution in [3.05, 3.63) is 65.7 Å². The lowest BCUT2D eigenvalue weighted by molar-refractivity contribution is -0.142. The van der Waals surface area contributed by atoms with Crippen molar-refractivity contribution >= 4 is 35.3 Å². The van der Waals surface area contributed by atoms with E-state index in [9.17, 15) is 33.9 Å². The number of nitrogens with zero attached hydrogens (tertiary/aromatic N) is 2. The van der Waals surface area contributed by atoms with E-state index in [2.05, 4.69) is 21.3 Å². The van der Waals surface area contributed by atoms with Crippen molar-refractivity contribution in [3.8, 4) is 5.75 Å². The third-order valence-electron chi connectivity index (χ3n) is 9.56. The van der Waals surface area contributed by atoms with Gasteiger partial charge in [-0.3, -0.25) is 33.7 Å². The molecule has 0 spiro atoms. The third-order valence-corrected chi connectivity index (χ3v) is 9.56. The summed E-state index contributed by atoms with van der Waals surface area (Å²) in [5.74, 6) is -3.33. The second-order valence-electron chi connectivity index (χ2n) is 15.4. The van der Waals surface area contributed by atoms with Crippen LogP contribution in [0.2, 0.25) is 0 Å². The highest BCUT2D eigenvalue weighted by molar-refractivity contribution is 6.38. The molecule has 1 aliphatic heterocycles. The van der Waals surface area contributed by atoms with Gasteiger partial charge in [0.1, 0.15) is 18.0 Å². The topological polar surface area (TPSA) is 207 Å². The Hall–Kier alpha value is -4.86. The number of aliphatic hydroxyl groups is 2. The number of benzene rings is 2. The Morgan fingerprint density at radius 2 is 1.66 bits per heavy atom. The van der Waals surface area contributed by atoms with Crippen LogP contribution in [0.1, 0.15) is 83.4 Å². The summed E-state index contributed by atoms with van der Waals surface area (Å²) in [6.45, 7) is 7.67. The molecule has 0 radical (unpaired) electrons. The molecule has 1 saturated heterocycles. The molecule has 0 saturated carbocycles. The molecule has 1 unspecified atom stereocenters. The summed E-state index contributed by atoms with van der Waals surface area (Å²) < 4.78 is 5.64. The Bertz CT molecular complexity index is 1630. The molecule has 1 fully saturated rings. The molecule has 3 rings (SSSR count). The van der Waals surface area contributed by atoms with Gasteiger partial charge < -0.3 is 41.1 Å². The lowest BCUT2D eigenvalue weighted by Gasteiger charge is -2.41. The van der Waals surface area contributed by atoms with Crippen molar-refractivity contribution in [2.75, 3.05) is 40.4 Å². The van der Waals surface area contributed by atoms with Crippen LogP contribution in [0.25, 0.3) is 0 Å². The zero-order valence-electron chi connectivity index (χ0n) is 33.5. The first-order valence-electron chi connectivity index (χ1n) is 19.3. The summed E-state index contributed by atoms with van der Waals surface area (Å²) >= 11 is 0. The molecule has 2 aromatic rings. The van der Waals surface area contributed by atoms with Gasteiger partial charge >= 0.3 is 0 Å². The minimum atomic E-state index is -1.25. The molecule has 15 nitrogen and oxygen atoms in total. The number of ketones is 1. The molecule has 6 N–H and O–H groups in total. The fourth-order valence-corrected chi connectivity index (χ4v) is 6.48. The molecule has 5 atom stereocenters. The third kappa shape index (κ3) is 13.7. The molecule has 0 aromatic heterocycles. The summed E-state index contributed by atoms with van der Waals surface area (Å²) in [5, 5.41) is 31.4. The highest BCUT2D eigenvalue weighted by atomic mass is 16.5. The largest absolute Gasteiger partial charge is 0.493 e. The molecule has 1 aliphatic rings. The maximum atomic E-state index is 13.8. The number of ether oxygens (including phenoxy) is 1. The second-order valence-corrected chi connectivity index (χ2v) is 15.4. The molecule has 5 amide bonds. The van der Waals surface area contributed by atoms with Crippen molar-refractivity contribution in [1.82, 2.24) is 31.1 Å². The standard InChI is InChI=1S/C41H60N6O9/c1-7-8-19-30(35(51)38(53)42-26-33(50)44-34(39(54)46(5)6)28-16-10-9-11-17-28)43-37(52)31-20-13-21-47(31)40(55)36(41(2,3)4)45-32(49)25-27-15-12-18-29(24-27)56-23-14-22-48/h9-12,15-18,24,30-31,34,36,40,48,55H,7-8,13-14,19-23,25-26H2,1-6H3,(H,42,53)(H,43,52)(H,44,50)(H,45,49)/t30-,31+,34+,36-,40?/m1/s1. The van der Waals surface area contributed by atoms with Gasteiger partial charge in [-0.2, -0.15) is 0 Å². The minimum Gasteiger partial charge on any atom is -0.493 e. The van der Waals surface area contributed by atoms with Crippen LogP contribution in [-0.2, 0) is 35.2 Å². The van der Waals surface area contributed by atoms with Crippen LogP contribution in [0.4, 0.5) is 0 Å². The van der Waals surface area contributed by atoms with E-state index in [1.807, 2.05) is 27.7 Å². The minimum absolute atomic E-state index is 0.00798. The van der Waals surface area contributed by atoms with Crippen molar-refractivity contribution in [2.45, 2.75) is 103 Å². The SMILES string of the molecule is CCCC[C@@H](NC(=O)[C@@H]1CCCN1C(O)[C@@H](NC(=O)Cc1cccc(OCCCO)c1)C(C)(C)C)C(=O)C(=O)NCC(=O)N[C@H](C(=O)N(C)C)c1ccccc1. The molecular weight excluding hydrogens is 720 g/mol.